The van der Waals surface area contributed by atoms with Gasteiger partial charge in [0, 0.05) is 23.6 Å². The minimum absolute atomic E-state index is 0.0690. The summed E-state index contributed by atoms with van der Waals surface area (Å²) in [7, 11) is 0. The molecular weight excluding hydrogens is 206 g/mol. The summed E-state index contributed by atoms with van der Waals surface area (Å²) in [6.07, 6.45) is 1.13. The van der Waals surface area contributed by atoms with Gasteiger partial charge in [-0.25, -0.2) is 0 Å². The zero-order valence-electron chi connectivity index (χ0n) is 9.71. The van der Waals surface area contributed by atoms with Gasteiger partial charge in [-0.15, -0.1) is 0 Å². The van der Waals surface area contributed by atoms with Crippen LogP contribution in [0.4, 0.5) is 0 Å². The van der Waals surface area contributed by atoms with Gasteiger partial charge in [0.15, 0.2) is 0 Å². The molecule has 1 aliphatic heterocycles. The summed E-state index contributed by atoms with van der Waals surface area (Å²) in [6, 6.07) is 0. The van der Waals surface area contributed by atoms with Crippen molar-refractivity contribution in [2.45, 2.75) is 45.0 Å². The lowest BCUT2D eigenvalue weighted by Gasteiger charge is -2.24. The summed E-state index contributed by atoms with van der Waals surface area (Å²) >= 11 is 1.98. The van der Waals surface area contributed by atoms with E-state index in [4.69, 9.17) is 5.73 Å². The van der Waals surface area contributed by atoms with Crippen molar-refractivity contribution in [2.75, 3.05) is 5.75 Å². The molecule has 1 aromatic heterocycles. The average Bonchev–Trinajstić information content (AvgIpc) is 2.55. The van der Waals surface area contributed by atoms with Crippen molar-refractivity contribution in [3.8, 4) is 0 Å². The smallest absolute Gasteiger partial charge is 0.0803 e. The maximum absolute atomic E-state index is 5.75. The van der Waals surface area contributed by atoms with Gasteiger partial charge in [0.05, 0.1) is 11.2 Å². The molecule has 0 spiro atoms. The van der Waals surface area contributed by atoms with E-state index in [1.807, 2.05) is 11.8 Å². The fourth-order valence-electron chi connectivity index (χ4n) is 2.02. The lowest BCUT2D eigenvalue weighted by atomic mass is 10.1. The van der Waals surface area contributed by atoms with Crippen molar-refractivity contribution in [3.63, 3.8) is 0 Å². The van der Waals surface area contributed by atoms with Crippen LogP contribution in [-0.2, 0) is 24.3 Å². The van der Waals surface area contributed by atoms with Crippen molar-refractivity contribution in [3.05, 3.63) is 17.0 Å². The summed E-state index contributed by atoms with van der Waals surface area (Å²) < 4.78 is 2.17. The lowest BCUT2D eigenvalue weighted by molar-refractivity contribution is 0.342. The Morgan fingerprint density at radius 3 is 2.80 bits per heavy atom. The minimum Gasteiger partial charge on any atom is -0.325 e. The maximum Gasteiger partial charge on any atom is 0.0803 e. The van der Waals surface area contributed by atoms with Crippen LogP contribution in [0, 0.1) is 0 Å². The van der Waals surface area contributed by atoms with Crippen LogP contribution in [0.3, 0.4) is 0 Å². The Bertz CT molecular complexity index is 363. The van der Waals surface area contributed by atoms with E-state index in [2.05, 4.69) is 30.6 Å². The highest BCUT2D eigenvalue weighted by Crippen LogP contribution is 2.30. The number of fused-ring (bicyclic) bond motifs is 1. The molecule has 0 amide bonds. The van der Waals surface area contributed by atoms with Gasteiger partial charge >= 0.3 is 0 Å². The number of aromatic nitrogens is 2. The summed E-state index contributed by atoms with van der Waals surface area (Å²) in [5, 5.41) is 4.66. The molecule has 0 atom stereocenters. The molecule has 0 aromatic carbocycles. The lowest BCUT2D eigenvalue weighted by Crippen LogP contribution is -2.26. The predicted octanol–water partition coefficient (Wildman–Crippen LogP) is 1.89. The molecule has 84 valence electrons. The first kappa shape index (κ1) is 11.0. The van der Waals surface area contributed by atoms with Gasteiger partial charge in [0.1, 0.15) is 0 Å². The van der Waals surface area contributed by atoms with Crippen LogP contribution in [0.2, 0.25) is 0 Å². The standard InChI is InChI=1S/C11H19N3S/c1-11(2,3)14-10-4-5-15-7-8(10)9(6-12)13-14/h4-7,12H2,1-3H3. The Balaban J connectivity index is 2.52. The third kappa shape index (κ3) is 1.93. The van der Waals surface area contributed by atoms with Gasteiger partial charge in [-0.1, -0.05) is 0 Å². The van der Waals surface area contributed by atoms with E-state index in [0.29, 0.717) is 6.54 Å². The second-order valence-corrected chi connectivity index (χ2v) is 6.07. The topological polar surface area (TPSA) is 43.8 Å². The number of rotatable bonds is 1. The molecule has 1 aromatic rings. The third-order valence-electron chi connectivity index (χ3n) is 2.73. The molecule has 1 aliphatic rings. The van der Waals surface area contributed by atoms with Crippen molar-refractivity contribution >= 4 is 11.8 Å². The molecule has 2 N–H and O–H groups in total. The predicted molar refractivity (Wildman–Crippen MR) is 65.0 cm³/mol. The van der Waals surface area contributed by atoms with Crippen molar-refractivity contribution < 1.29 is 0 Å². The Morgan fingerprint density at radius 1 is 1.47 bits per heavy atom. The fraction of sp³-hybridized carbons (Fsp3) is 0.727. The number of hydrogen-bond acceptors (Lipinski definition) is 3. The highest BCUT2D eigenvalue weighted by Gasteiger charge is 2.25. The quantitative estimate of drug-likeness (QED) is 0.793. The largest absolute Gasteiger partial charge is 0.325 e. The molecule has 15 heavy (non-hydrogen) atoms. The summed E-state index contributed by atoms with van der Waals surface area (Å²) in [5.41, 5.74) is 9.70. The van der Waals surface area contributed by atoms with Crippen LogP contribution >= 0.6 is 11.8 Å². The van der Waals surface area contributed by atoms with Crippen molar-refractivity contribution in [1.29, 1.82) is 0 Å². The highest BCUT2D eigenvalue weighted by molar-refractivity contribution is 7.98. The van der Waals surface area contributed by atoms with Crippen LogP contribution in [0.25, 0.3) is 0 Å². The van der Waals surface area contributed by atoms with Crippen LogP contribution < -0.4 is 5.73 Å². The fourth-order valence-corrected chi connectivity index (χ4v) is 3.04. The first-order valence-corrected chi connectivity index (χ1v) is 6.57. The summed E-state index contributed by atoms with van der Waals surface area (Å²) in [6.45, 7) is 7.15. The number of nitrogens with zero attached hydrogens (tertiary/aromatic N) is 2. The Labute approximate surface area is 95.4 Å². The van der Waals surface area contributed by atoms with Gasteiger partial charge in [-0.3, -0.25) is 4.68 Å². The van der Waals surface area contributed by atoms with Gasteiger partial charge in [0.2, 0.25) is 0 Å². The number of hydrogen-bond donors (Lipinski definition) is 1. The molecule has 0 bridgehead atoms. The molecule has 3 nitrogen and oxygen atoms in total. The van der Waals surface area contributed by atoms with Gasteiger partial charge < -0.3 is 5.73 Å². The maximum atomic E-state index is 5.75. The van der Waals surface area contributed by atoms with Crippen LogP contribution in [0.1, 0.15) is 37.7 Å². The Morgan fingerprint density at radius 2 is 2.20 bits per heavy atom. The van der Waals surface area contributed by atoms with Crippen molar-refractivity contribution in [1.82, 2.24) is 9.78 Å². The zero-order chi connectivity index (χ0) is 11.1. The van der Waals surface area contributed by atoms with Crippen LogP contribution in [0.15, 0.2) is 0 Å². The second-order valence-electron chi connectivity index (χ2n) is 4.96. The van der Waals surface area contributed by atoms with Crippen LogP contribution in [-0.4, -0.2) is 15.5 Å². The van der Waals surface area contributed by atoms with Gasteiger partial charge in [0.25, 0.3) is 0 Å². The minimum atomic E-state index is 0.0690. The molecule has 2 heterocycles. The number of thioether (sulfide) groups is 1. The van der Waals surface area contributed by atoms with E-state index >= 15 is 0 Å². The second kappa shape index (κ2) is 3.83. The Kier molecular flexibility index (Phi) is 2.81. The van der Waals surface area contributed by atoms with E-state index in [-0.39, 0.29) is 5.54 Å². The van der Waals surface area contributed by atoms with Gasteiger partial charge in [-0.05, 0) is 32.9 Å². The molecule has 0 aliphatic carbocycles. The normalized spacial score (nSPS) is 16.5. The van der Waals surface area contributed by atoms with E-state index < -0.39 is 0 Å². The molecule has 4 heteroatoms. The molecule has 0 unspecified atom stereocenters. The third-order valence-corrected chi connectivity index (χ3v) is 3.72. The first-order chi connectivity index (χ1) is 7.04. The van der Waals surface area contributed by atoms with Crippen LogP contribution in [0.5, 0.6) is 0 Å². The SMILES string of the molecule is CC(C)(C)n1nc(CN)c2c1CCSC2. The summed E-state index contributed by atoms with van der Waals surface area (Å²) in [4.78, 5) is 0. The molecule has 0 saturated heterocycles. The average molecular weight is 225 g/mol. The molecular formula is C11H19N3S. The van der Waals surface area contributed by atoms with E-state index in [0.717, 1.165) is 17.9 Å². The zero-order valence-corrected chi connectivity index (χ0v) is 10.5. The summed E-state index contributed by atoms with van der Waals surface area (Å²) in [5.74, 6) is 2.29. The van der Waals surface area contributed by atoms with Crippen molar-refractivity contribution in [2.24, 2.45) is 5.73 Å². The van der Waals surface area contributed by atoms with E-state index in [9.17, 15) is 0 Å². The molecule has 0 saturated carbocycles. The molecule has 0 radical (unpaired) electrons. The molecule has 2 rings (SSSR count). The first-order valence-electron chi connectivity index (χ1n) is 5.42. The Hall–Kier alpha value is -0.480. The van der Waals surface area contributed by atoms with E-state index in [1.54, 1.807) is 0 Å². The van der Waals surface area contributed by atoms with Gasteiger partial charge in [-0.2, -0.15) is 16.9 Å². The highest BCUT2D eigenvalue weighted by atomic mass is 32.2. The number of nitrogens with two attached hydrogens (primary N) is 1. The van der Waals surface area contributed by atoms with E-state index in [1.165, 1.54) is 17.0 Å². The molecule has 0 fully saturated rings. The monoisotopic (exact) mass is 225 g/mol.